The van der Waals surface area contributed by atoms with E-state index in [0.717, 1.165) is 172 Å². The minimum atomic E-state index is -3.77. The Morgan fingerprint density at radius 3 is 2.10 bits per heavy atom. The van der Waals surface area contributed by atoms with Crippen molar-refractivity contribution in [2.45, 2.75) is 165 Å². The van der Waals surface area contributed by atoms with Gasteiger partial charge in [0.1, 0.15) is 17.5 Å². The summed E-state index contributed by atoms with van der Waals surface area (Å²) in [7, 11) is -3.77. The molecule has 11 heterocycles. The molecule has 3 aromatic carbocycles. The summed E-state index contributed by atoms with van der Waals surface area (Å²) in [5.74, 6) is 3.45. The number of sulfonamides is 1. The Morgan fingerprint density at radius 1 is 0.578 bits per heavy atom. The summed E-state index contributed by atoms with van der Waals surface area (Å²) in [5.41, 5.74) is 12.8. The average Bonchev–Trinajstić information content (AvgIpc) is 1.48. The number of anilines is 8. The van der Waals surface area contributed by atoms with Crippen molar-refractivity contribution in [3.05, 3.63) is 148 Å². The lowest BCUT2D eigenvalue weighted by molar-refractivity contribution is 0.376. The number of benzene rings is 3. The van der Waals surface area contributed by atoms with E-state index in [2.05, 4.69) is 136 Å². The highest BCUT2D eigenvalue weighted by Crippen LogP contribution is 2.49. The van der Waals surface area contributed by atoms with Crippen molar-refractivity contribution in [2.24, 2.45) is 5.14 Å². The van der Waals surface area contributed by atoms with E-state index in [1.807, 2.05) is 18.6 Å². The Hall–Kier alpha value is -7.37. The largest absolute Gasteiger partial charge is 0.371 e. The highest BCUT2D eigenvalue weighted by molar-refractivity contribution is 7.89. The number of H-pyrrole nitrogens is 1. The van der Waals surface area contributed by atoms with Gasteiger partial charge in [0.25, 0.3) is 0 Å². The summed E-state index contributed by atoms with van der Waals surface area (Å²) >= 11 is 0. The third-order valence-corrected chi connectivity index (χ3v) is 22.6. The van der Waals surface area contributed by atoms with Crippen molar-refractivity contribution in [3.8, 4) is 11.3 Å². The number of piperidine rings is 5. The van der Waals surface area contributed by atoms with Crippen LogP contribution in [0.4, 0.5) is 45.9 Å². The summed E-state index contributed by atoms with van der Waals surface area (Å²) in [4.78, 5) is 50.7. The van der Waals surface area contributed by atoms with Crippen LogP contribution in [0.1, 0.15) is 150 Å². The van der Waals surface area contributed by atoms with Crippen LogP contribution in [0.3, 0.4) is 0 Å². The molecule has 8 aliphatic rings. The summed E-state index contributed by atoms with van der Waals surface area (Å²) < 4.78 is 25.9. The van der Waals surface area contributed by atoms with Crippen molar-refractivity contribution >= 4 is 66.7 Å². The molecule has 0 bridgehead atoms. The Balaban J connectivity index is 0.846. The maximum atomic E-state index is 13.5. The van der Waals surface area contributed by atoms with Gasteiger partial charge in [0.2, 0.25) is 15.6 Å². The number of hydrogen-bond acceptors (Lipinski definition) is 14. The van der Waals surface area contributed by atoms with Crippen LogP contribution in [-0.4, -0.2) is 124 Å². The molecule has 4 N–H and O–H groups in total. The lowest BCUT2D eigenvalue weighted by Crippen LogP contribution is -2.50. The minimum Gasteiger partial charge on any atom is -0.371 e. The standard InChI is InChI=1S/C73H91N13O3S/c74-90(88,89)38-26-51-39-55(42-61(40-51)83-35-14-19-66-67(83)25-37-85(66)71-47-59(23-28-76-71)81-31-9-3-10-32-81)65-21-20-57(78-70-46-58(22-27-75-70)80-29-7-2-8-30-80)50-86(65)69-44-54-45-72(87)77-49-56(54)43-63(69)64-48-68(82-33-11-4-12-34-82)62-24-36-84(73(62)79-64)60-18-13-17-53(41-60)52-15-5-1-6-16-52/h1,5-6,15-16,22-23,27-28,39-40,42-49,53,57,60,65-67H,2-4,7-14,17-21,24-26,29-38,41,50H2,(H,75,78)(H,77,87)(H2,74,88,89)/t53-,57+,60+,65?,66+,67+/m0/s1. The summed E-state index contributed by atoms with van der Waals surface area (Å²) in [6.07, 6.45) is 27.6. The fourth-order valence-electron chi connectivity index (χ4n) is 17.3. The van der Waals surface area contributed by atoms with Crippen LogP contribution >= 0.6 is 0 Å². The van der Waals surface area contributed by atoms with Gasteiger partial charge in [0.15, 0.2) is 0 Å². The number of fused-ring (bicyclic) bond motifs is 3. The van der Waals surface area contributed by atoms with E-state index in [9.17, 15) is 13.2 Å². The molecule has 6 saturated heterocycles. The molecule has 0 amide bonds. The van der Waals surface area contributed by atoms with Gasteiger partial charge in [-0.05, 0) is 198 Å². The molecule has 1 unspecified atom stereocenters. The maximum Gasteiger partial charge on any atom is 0.248 e. The number of aryl methyl sites for hydroxylation is 1. The number of aromatic amines is 1. The molecule has 6 atom stereocenters. The minimum absolute atomic E-state index is 0.0173. The average molecular weight is 1230 g/mol. The van der Waals surface area contributed by atoms with Crippen LogP contribution in [0.15, 0.2) is 120 Å². The molecule has 472 valence electrons. The molecule has 1 aliphatic carbocycles. The van der Waals surface area contributed by atoms with Crippen LogP contribution in [0, 0.1) is 0 Å². The van der Waals surface area contributed by atoms with Crippen molar-refractivity contribution < 1.29 is 8.42 Å². The highest BCUT2D eigenvalue weighted by Gasteiger charge is 2.43. The smallest absolute Gasteiger partial charge is 0.248 e. The lowest BCUT2D eigenvalue weighted by Gasteiger charge is -2.44. The van der Waals surface area contributed by atoms with E-state index in [1.165, 1.54) is 98.8 Å². The van der Waals surface area contributed by atoms with Crippen molar-refractivity contribution in [1.82, 2.24) is 19.9 Å². The van der Waals surface area contributed by atoms with E-state index in [-0.39, 0.29) is 35.5 Å². The van der Waals surface area contributed by atoms with Crippen LogP contribution in [0.25, 0.3) is 22.0 Å². The fraction of sp³-hybridized carbons (Fsp3) is 0.507. The Kier molecular flexibility index (Phi) is 16.9. The molecular formula is C73H91N13O3S. The van der Waals surface area contributed by atoms with Gasteiger partial charge in [0.05, 0.1) is 29.6 Å². The van der Waals surface area contributed by atoms with Crippen molar-refractivity contribution in [1.29, 1.82) is 0 Å². The number of aromatic nitrogens is 4. The van der Waals surface area contributed by atoms with Crippen molar-refractivity contribution in [3.63, 3.8) is 0 Å². The number of nitrogens with zero attached hydrogens (tertiary/aromatic N) is 10. The molecule has 7 fully saturated rings. The van der Waals surface area contributed by atoms with Gasteiger partial charge in [-0.2, -0.15) is 0 Å². The number of nitrogens with one attached hydrogen (secondary N) is 2. The topological polar surface area (TPSA) is 166 Å². The maximum absolute atomic E-state index is 13.5. The normalized spacial score (nSPS) is 24.2. The van der Waals surface area contributed by atoms with Gasteiger partial charge in [-0.3, -0.25) is 4.79 Å². The fourth-order valence-corrected chi connectivity index (χ4v) is 17.8. The highest BCUT2D eigenvalue weighted by atomic mass is 32.2. The van der Waals surface area contributed by atoms with Crippen LogP contribution < -0.4 is 50.3 Å². The second-order valence-electron chi connectivity index (χ2n) is 27.5. The van der Waals surface area contributed by atoms with Gasteiger partial charge < -0.3 is 44.6 Å². The molecule has 7 aliphatic heterocycles. The van der Waals surface area contributed by atoms with Gasteiger partial charge in [-0.25, -0.2) is 28.5 Å². The molecule has 15 rings (SSSR count). The van der Waals surface area contributed by atoms with Gasteiger partial charge in [-0.15, -0.1) is 0 Å². The second-order valence-corrected chi connectivity index (χ2v) is 29.2. The monoisotopic (exact) mass is 1230 g/mol. The Morgan fingerprint density at radius 2 is 1.32 bits per heavy atom. The Labute approximate surface area is 532 Å². The van der Waals surface area contributed by atoms with Gasteiger partial charge in [-0.1, -0.05) is 42.8 Å². The van der Waals surface area contributed by atoms with Crippen molar-refractivity contribution in [2.75, 3.05) is 111 Å². The van der Waals surface area contributed by atoms with Crippen LogP contribution in [0.2, 0.25) is 0 Å². The molecule has 0 spiro atoms. The SMILES string of the molecule is NS(=O)(=O)CCc1cc(C2CC[C@@H](Nc3cc(N4CCCCC4)ccn3)CN2c2cc3cc(=O)[nH]cc3cc2-c2cc(N3CCCCC3)c3c(n2)N([C@@H]2CCC[C@H](c4ccccc4)C2)CC3)cc(N2CCC[C@@H]3[C@H]2CCN3c2cc(N3CCCCC3)ccn2)c1. The molecule has 17 heteroatoms. The third-order valence-electron chi connectivity index (χ3n) is 21.8. The molecule has 16 nitrogen and oxygen atoms in total. The van der Waals surface area contributed by atoms with Crippen LogP contribution in [0.5, 0.6) is 0 Å². The first-order valence-electron chi connectivity index (χ1n) is 34.5. The predicted molar refractivity (Wildman–Crippen MR) is 368 cm³/mol. The summed E-state index contributed by atoms with van der Waals surface area (Å²) in [6.45, 7) is 9.79. The van der Waals surface area contributed by atoms with E-state index in [1.54, 1.807) is 6.07 Å². The van der Waals surface area contributed by atoms with Crippen LogP contribution in [-0.2, 0) is 22.9 Å². The molecule has 1 saturated carbocycles. The number of rotatable bonds is 15. The third kappa shape index (κ3) is 12.5. The number of nitrogens with two attached hydrogens (primary N) is 1. The van der Waals surface area contributed by atoms with E-state index in [4.69, 9.17) is 20.1 Å². The predicted octanol–water partition coefficient (Wildman–Crippen LogP) is 12.3. The zero-order valence-electron chi connectivity index (χ0n) is 52.5. The van der Waals surface area contributed by atoms with E-state index in [0.29, 0.717) is 24.9 Å². The lowest BCUT2D eigenvalue weighted by atomic mass is 9.81. The molecular weight excluding hydrogens is 1140 g/mol. The van der Waals surface area contributed by atoms with Gasteiger partial charge in [0, 0.05) is 154 Å². The zero-order chi connectivity index (χ0) is 60.7. The molecule has 7 aromatic rings. The zero-order valence-corrected chi connectivity index (χ0v) is 53.4. The molecule has 0 radical (unpaired) electrons. The first-order chi connectivity index (χ1) is 44.1. The number of hydrogen-bond donors (Lipinski definition) is 3. The quantitative estimate of drug-likeness (QED) is 0.0887. The van der Waals surface area contributed by atoms with E-state index < -0.39 is 10.0 Å². The molecule has 4 aromatic heterocycles. The summed E-state index contributed by atoms with van der Waals surface area (Å²) in [5, 5.41) is 11.7. The number of primary sulfonamides is 1. The molecule has 90 heavy (non-hydrogen) atoms. The van der Waals surface area contributed by atoms with Gasteiger partial charge >= 0.3 is 0 Å². The summed E-state index contributed by atoms with van der Waals surface area (Å²) in [6, 6.07) is 36.6. The second kappa shape index (κ2) is 25.7. The van der Waals surface area contributed by atoms with E-state index >= 15 is 0 Å². The first kappa shape index (κ1) is 59.0. The number of pyridine rings is 4. The Bertz CT molecular complexity index is 3860. The first-order valence-corrected chi connectivity index (χ1v) is 36.2.